The zero-order chi connectivity index (χ0) is 20.4. The van der Waals surface area contributed by atoms with Crippen molar-refractivity contribution in [2.75, 3.05) is 18.6 Å². The molecule has 2 aromatic carbocycles. The topological polar surface area (TPSA) is 86.9 Å². The van der Waals surface area contributed by atoms with Crippen LogP contribution in [-0.4, -0.2) is 35.9 Å². The van der Waals surface area contributed by atoms with Gasteiger partial charge in [-0.3, -0.25) is 9.69 Å². The van der Waals surface area contributed by atoms with E-state index in [1.54, 1.807) is 31.1 Å². The fraction of sp³-hybridized carbons (Fsp3) is 0.286. The van der Waals surface area contributed by atoms with Gasteiger partial charge in [0.25, 0.3) is 5.91 Å². The van der Waals surface area contributed by atoms with E-state index >= 15 is 0 Å². The number of hydrogen-bond acceptors (Lipinski definition) is 7. The van der Waals surface area contributed by atoms with E-state index < -0.39 is 6.10 Å². The zero-order valence-electron chi connectivity index (χ0n) is 16.4. The predicted molar refractivity (Wildman–Crippen MR) is 105 cm³/mol. The summed E-state index contributed by atoms with van der Waals surface area (Å²) >= 11 is 0. The van der Waals surface area contributed by atoms with Gasteiger partial charge in [0.2, 0.25) is 11.7 Å². The van der Waals surface area contributed by atoms with Gasteiger partial charge in [-0.15, -0.1) is 0 Å². The van der Waals surface area contributed by atoms with Gasteiger partial charge >= 0.3 is 0 Å². The van der Waals surface area contributed by atoms with Crippen molar-refractivity contribution in [3.8, 4) is 28.6 Å². The molecule has 1 aromatic heterocycles. The summed E-state index contributed by atoms with van der Waals surface area (Å²) in [4.78, 5) is 18.7. The standard InChI is InChI=1S/C21H21N3O5/c1-4-27-17-10-9-14(11-18(17)26-3)20-22-19(29-23-20)12-24-15-7-5-6-8-16(15)28-13(2)21(24)25/h5-11,13H,4,12H2,1-3H3. The van der Waals surface area contributed by atoms with Crippen molar-refractivity contribution in [1.82, 2.24) is 10.1 Å². The van der Waals surface area contributed by atoms with E-state index in [1.165, 1.54) is 0 Å². The molecule has 1 aliphatic rings. The summed E-state index contributed by atoms with van der Waals surface area (Å²) in [5, 5.41) is 4.05. The molecule has 0 bridgehead atoms. The second-order valence-corrected chi connectivity index (χ2v) is 6.46. The first kappa shape index (κ1) is 18.8. The minimum Gasteiger partial charge on any atom is -0.493 e. The van der Waals surface area contributed by atoms with Crippen LogP contribution in [0, 0.1) is 0 Å². The molecule has 0 spiro atoms. The fourth-order valence-electron chi connectivity index (χ4n) is 3.17. The van der Waals surface area contributed by atoms with Crippen molar-refractivity contribution >= 4 is 11.6 Å². The number of carbonyl (C=O) groups is 1. The van der Waals surface area contributed by atoms with Crippen molar-refractivity contribution in [1.29, 1.82) is 0 Å². The molecule has 1 amide bonds. The Morgan fingerprint density at radius 2 is 2.00 bits per heavy atom. The second kappa shape index (κ2) is 7.83. The Labute approximate surface area is 168 Å². The third-order valence-electron chi connectivity index (χ3n) is 4.56. The lowest BCUT2D eigenvalue weighted by Crippen LogP contribution is -2.44. The van der Waals surface area contributed by atoms with Crippen LogP contribution in [0.2, 0.25) is 0 Å². The molecule has 4 rings (SSSR count). The highest BCUT2D eigenvalue weighted by Gasteiger charge is 2.32. The number of rotatable bonds is 6. The Morgan fingerprint density at radius 1 is 1.17 bits per heavy atom. The number of carbonyl (C=O) groups excluding carboxylic acids is 1. The van der Waals surface area contributed by atoms with Crippen LogP contribution < -0.4 is 19.1 Å². The number of para-hydroxylation sites is 2. The fourth-order valence-corrected chi connectivity index (χ4v) is 3.17. The molecule has 0 fully saturated rings. The number of ether oxygens (including phenoxy) is 3. The van der Waals surface area contributed by atoms with E-state index in [0.717, 1.165) is 5.56 Å². The van der Waals surface area contributed by atoms with E-state index in [0.29, 0.717) is 41.3 Å². The number of hydrogen-bond donors (Lipinski definition) is 0. The highest BCUT2D eigenvalue weighted by Crippen LogP contribution is 2.35. The second-order valence-electron chi connectivity index (χ2n) is 6.46. The summed E-state index contributed by atoms with van der Waals surface area (Å²) in [6.07, 6.45) is -0.581. The lowest BCUT2D eigenvalue weighted by Gasteiger charge is -2.31. The lowest BCUT2D eigenvalue weighted by molar-refractivity contribution is -0.125. The number of aromatic nitrogens is 2. The number of nitrogens with zero attached hydrogens (tertiary/aromatic N) is 3. The molecule has 0 radical (unpaired) electrons. The van der Waals surface area contributed by atoms with E-state index in [4.69, 9.17) is 18.7 Å². The van der Waals surface area contributed by atoms with Gasteiger partial charge in [0, 0.05) is 5.56 Å². The van der Waals surface area contributed by atoms with Crippen LogP contribution in [0.5, 0.6) is 17.2 Å². The molecule has 0 aliphatic carbocycles. The van der Waals surface area contributed by atoms with Crippen molar-refractivity contribution < 1.29 is 23.5 Å². The van der Waals surface area contributed by atoms with Crippen molar-refractivity contribution in [2.24, 2.45) is 0 Å². The summed E-state index contributed by atoms with van der Waals surface area (Å²) in [7, 11) is 1.58. The zero-order valence-corrected chi connectivity index (χ0v) is 16.4. The Hall–Kier alpha value is -3.55. The van der Waals surface area contributed by atoms with Crippen LogP contribution in [0.3, 0.4) is 0 Å². The molecule has 1 aliphatic heterocycles. The number of anilines is 1. The van der Waals surface area contributed by atoms with E-state index in [1.807, 2.05) is 37.3 Å². The molecule has 2 heterocycles. The number of fused-ring (bicyclic) bond motifs is 1. The van der Waals surface area contributed by atoms with Crippen LogP contribution in [0.25, 0.3) is 11.4 Å². The Kier molecular flexibility index (Phi) is 5.07. The molecule has 3 aromatic rings. The molecule has 29 heavy (non-hydrogen) atoms. The summed E-state index contributed by atoms with van der Waals surface area (Å²) in [6, 6.07) is 12.8. The first-order valence-corrected chi connectivity index (χ1v) is 9.31. The largest absolute Gasteiger partial charge is 0.493 e. The third kappa shape index (κ3) is 3.61. The van der Waals surface area contributed by atoms with Crippen molar-refractivity contribution in [3.63, 3.8) is 0 Å². The summed E-state index contributed by atoms with van der Waals surface area (Å²) in [5.74, 6) is 2.45. The van der Waals surface area contributed by atoms with Gasteiger partial charge in [-0.2, -0.15) is 4.98 Å². The molecular weight excluding hydrogens is 374 g/mol. The summed E-state index contributed by atoms with van der Waals surface area (Å²) in [6.45, 7) is 4.32. The minimum atomic E-state index is -0.581. The van der Waals surface area contributed by atoms with Gasteiger partial charge < -0.3 is 18.7 Å². The van der Waals surface area contributed by atoms with Gasteiger partial charge in [0.1, 0.15) is 12.3 Å². The molecular formula is C21H21N3O5. The van der Waals surface area contributed by atoms with Gasteiger partial charge in [0.15, 0.2) is 17.6 Å². The quantitative estimate of drug-likeness (QED) is 0.632. The van der Waals surface area contributed by atoms with Crippen LogP contribution >= 0.6 is 0 Å². The Balaban J connectivity index is 1.60. The van der Waals surface area contributed by atoms with Gasteiger partial charge in [0.05, 0.1) is 19.4 Å². The highest BCUT2D eigenvalue weighted by molar-refractivity contribution is 5.99. The first-order chi connectivity index (χ1) is 14.1. The molecule has 150 valence electrons. The Morgan fingerprint density at radius 3 is 2.79 bits per heavy atom. The van der Waals surface area contributed by atoms with E-state index in [-0.39, 0.29) is 12.5 Å². The molecule has 0 saturated heterocycles. The lowest BCUT2D eigenvalue weighted by atomic mass is 10.2. The SMILES string of the molecule is CCOc1ccc(-c2noc(CN3C(=O)C(C)Oc4ccccc43)n2)cc1OC. The van der Waals surface area contributed by atoms with Gasteiger partial charge in [-0.05, 0) is 44.2 Å². The molecule has 1 unspecified atom stereocenters. The summed E-state index contributed by atoms with van der Waals surface area (Å²) < 4.78 is 22.0. The maximum absolute atomic E-state index is 12.6. The molecule has 8 heteroatoms. The predicted octanol–water partition coefficient (Wildman–Crippen LogP) is 3.46. The van der Waals surface area contributed by atoms with Crippen LogP contribution in [0.4, 0.5) is 5.69 Å². The van der Waals surface area contributed by atoms with Gasteiger partial charge in [-0.1, -0.05) is 17.3 Å². The van der Waals surface area contributed by atoms with Crippen molar-refractivity contribution in [2.45, 2.75) is 26.5 Å². The molecule has 0 saturated carbocycles. The first-order valence-electron chi connectivity index (χ1n) is 9.31. The monoisotopic (exact) mass is 395 g/mol. The molecule has 8 nitrogen and oxygen atoms in total. The maximum atomic E-state index is 12.6. The maximum Gasteiger partial charge on any atom is 0.268 e. The molecule has 1 atom stereocenters. The third-order valence-corrected chi connectivity index (χ3v) is 4.56. The number of amides is 1. The molecule has 0 N–H and O–H groups in total. The average molecular weight is 395 g/mol. The van der Waals surface area contributed by atoms with Crippen LogP contribution in [0.15, 0.2) is 47.0 Å². The normalized spacial score (nSPS) is 15.6. The highest BCUT2D eigenvalue weighted by atomic mass is 16.5. The van der Waals surface area contributed by atoms with Crippen molar-refractivity contribution in [3.05, 3.63) is 48.4 Å². The van der Waals surface area contributed by atoms with E-state index in [9.17, 15) is 4.79 Å². The van der Waals surface area contributed by atoms with Crippen LogP contribution in [0.1, 0.15) is 19.7 Å². The minimum absolute atomic E-state index is 0.157. The average Bonchev–Trinajstić information content (AvgIpc) is 3.20. The van der Waals surface area contributed by atoms with E-state index in [2.05, 4.69) is 10.1 Å². The summed E-state index contributed by atoms with van der Waals surface area (Å²) in [5.41, 5.74) is 1.40. The number of methoxy groups -OCH3 is 1. The smallest absolute Gasteiger partial charge is 0.268 e. The van der Waals surface area contributed by atoms with Crippen LogP contribution in [-0.2, 0) is 11.3 Å². The Bertz CT molecular complexity index is 1030. The number of benzene rings is 2. The van der Waals surface area contributed by atoms with Gasteiger partial charge in [-0.25, -0.2) is 0 Å².